The first-order valence-corrected chi connectivity index (χ1v) is 6.42. The van der Waals surface area contributed by atoms with Crippen molar-refractivity contribution in [3.63, 3.8) is 0 Å². The number of aliphatic hydroxyl groups excluding tert-OH is 1. The summed E-state index contributed by atoms with van der Waals surface area (Å²) in [7, 11) is 0. The van der Waals surface area contributed by atoms with Crippen LogP contribution in [-0.4, -0.2) is 11.7 Å². The lowest BCUT2D eigenvalue weighted by Gasteiger charge is -2.15. The first kappa shape index (κ1) is 12.8. The van der Waals surface area contributed by atoms with Crippen LogP contribution < -0.4 is 0 Å². The zero-order valence-electron chi connectivity index (χ0n) is 11.1. The average molecular weight is 240 g/mol. The van der Waals surface area contributed by atoms with E-state index in [0.29, 0.717) is 0 Å². The highest BCUT2D eigenvalue weighted by Gasteiger charge is 2.11. The molecule has 0 amide bonds. The van der Waals surface area contributed by atoms with Gasteiger partial charge in [0.15, 0.2) is 0 Å². The van der Waals surface area contributed by atoms with Crippen molar-refractivity contribution in [3.05, 3.63) is 70.8 Å². The quantitative estimate of drug-likeness (QED) is 0.865. The van der Waals surface area contributed by atoms with Crippen molar-refractivity contribution in [2.75, 3.05) is 6.61 Å². The SMILES string of the molecule is Cc1ccc(CC(CO)c2ccccc2)cc1C. The van der Waals surface area contributed by atoms with E-state index in [1.807, 2.05) is 18.2 Å². The smallest absolute Gasteiger partial charge is 0.0502 e. The predicted molar refractivity (Wildman–Crippen MR) is 75.9 cm³/mol. The fourth-order valence-electron chi connectivity index (χ4n) is 2.23. The summed E-state index contributed by atoms with van der Waals surface area (Å²) in [6.45, 7) is 4.45. The second-order valence-electron chi connectivity index (χ2n) is 4.91. The van der Waals surface area contributed by atoms with Crippen molar-refractivity contribution in [1.82, 2.24) is 0 Å². The molecule has 1 atom stereocenters. The molecule has 2 aromatic rings. The van der Waals surface area contributed by atoms with Crippen molar-refractivity contribution in [1.29, 1.82) is 0 Å². The minimum atomic E-state index is 0.188. The molecule has 0 heterocycles. The Bertz CT molecular complexity index is 502. The van der Waals surface area contributed by atoms with Gasteiger partial charge in [0.1, 0.15) is 0 Å². The zero-order chi connectivity index (χ0) is 13.0. The van der Waals surface area contributed by atoms with Crippen LogP contribution in [0.2, 0.25) is 0 Å². The molecule has 2 aromatic carbocycles. The first-order chi connectivity index (χ1) is 8.70. The number of benzene rings is 2. The lowest BCUT2D eigenvalue weighted by molar-refractivity contribution is 0.264. The van der Waals surface area contributed by atoms with Crippen LogP contribution in [0.1, 0.15) is 28.2 Å². The van der Waals surface area contributed by atoms with Gasteiger partial charge in [-0.25, -0.2) is 0 Å². The third-order valence-corrected chi connectivity index (χ3v) is 3.54. The van der Waals surface area contributed by atoms with Crippen molar-refractivity contribution in [2.24, 2.45) is 0 Å². The van der Waals surface area contributed by atoms with Crippen LogP contribution in [0.15, 0.2) is 48.5 Å². The Balaban J connectivity index is 2.18. The fourth-order valence-corrected chi connectivity index (χ4v) is 2.23. The van der Waals surface area contributed by atoms with Crippen LogP contribution in [-0.2, 0) is 6.42 Å². The van der Waals surface area contributed by atoms with Crippen LogP contribution >= 0.6 is 0 Å². The molecule has 1 unspecified atom stereocenters. The van der Waals surface area contributed by atoms with E-state index in [1.165, 1.54) is 22.3 Å². The first-order valence-electron chi connectivity index (χ1n) is 6.42. The molecule has 0 aliphatic heterocycles. The summed E-state index contributed by atoms with van der Waals surface area (Å²) >= 11 is 0. The summed E-state index contributed by atoms with van der Waals surface area (Å²) in [5.74, 6) is 0.188. The van der Waals surface area contributed by atoms with E-state index in [0.717, 1.165) is 6.42 Å². The lowest BCUT2D eigenvalue weighted by atomic mass is 9.91. The topological polar surface area (TPSA) is 20.2 Å². The van der Waals surface area contributed by atoms with Gasteiger partial charge in [0, 0.05) is 5.92 Å². The lowest BCUT2D eigenvalue weighted by Crippen LogP contribution is -2.07. The largest absolute Gasteiger partial charge is 0.396 e. The normalized spacial score (nSPS) is 12.4. The van der Waals surface area contributed by atoms with Gasteiger partial charge >= 0.3 is 0 Å². The predicted octanol–water partition coefficient (Wildman–Crippen LogP) is 3.62. The summed E-state index contributed by atoms with van der Waals surface area (Å²) in [5.41, 5.74) is 5.13. The maximum atomic E-state index is 9.56. The Morgan fingerprint density at radius 2 is 1.67 bits per heavy atom. The summed E-state index contributed by atoms with van der Waals surface area (Å²) < 4.78 is 0. The molecule has 0 aliphatic rings. The third-order valence-electron chi connectivity index (χ3n) is 3.54. The molecule has 1 heteroatoms. The minimum absolute atomic E-state index is 0.188. The van der Waals surface area contributed by atoms with E-state index < -0.39 is 0 Å². The highest BCUT2D eigenvalue weighted by atomic mass is 16.3. The van der Waals surface area contributed by atoms with E-state index >= 15 is 0 Å². The van der Waals surface area contributed by atoms with Crippen LogP contribution in [0, 0.1) is 13.8 Å². The molecule has 2 rings (SSSR count). The highest BCUT2D eigenvalue weighted by Crippen LogP contribution is 2.21. The summed E-state index contributed by atoms with van der Waals surface area (Å²) in [6.07, 6.45) is 0.891. The number of hydrogen-bond acceptors (Lipinski definition) is 1. The second-order valence-corrected chi connectivity index (χ2v) is 4.91. The Hall–Kier alpha value is -1.60. The molecular formula is C17H20O. The number of aryl methyl sites for hydroxylation is 2. The molecule has 18 heavy (non-hydrogen) atoms. The minimum Gasteiger partial charge on any atom is -0.396 e. The van der Waals surface area contributed by atoms with Crippen LogP contribution in [0.5, 0.6) is 0 Å². The van der Waals surface area contributed by atoms with Gasteiger partial charge in [-0.05, 0) is 42.5 Å². The number of aliphatic hydroxyl groups is 1. The molecule has 0 fully saturated rings. The Labute approximate surface area is 109 Å². The summed E-state index contributed by atoms with van der Waals surface area (Å²) in [6, 6.07) is 16.8. The molecule has 0 saturated heterocycles. The van der Waals surface area contributed by atoms with Gasteiger partial charge in [0.05, 0.1) is 6.61 Å². The molecule has 0 saturated carbocycles. The van der Waals surface area contributed by atoms with Gasteiger partial charge in [-0.15, -0.1) is 0 Å². The molecule has 0 bridgehead atoms. The maximum Gasteiger partial charge on any atom is 0.0502 e. The molecule has 1 nitrogen and oxygen atoms in total. The van der Waals surface area contributed by atoms with Crippen LogP contribution in [0.4, 0.5) is 0 Å². The van der Waals surface area contributed by atoms with E-state index in [9.17, 15) is 5.11 Å². The van der Waals surface area contributed by atoms with Gasteiger partial charge in [0.25, 0.3) is 0 Å². The molecule has 0 aromatic heterocycles. The Kier molecular flexibility index (Phi) is 4.16. The molecule has 0 spiro atoms. The summed E-state index contributed by atoms with van der Waals surface area (Å²) in [5, 5.41) is 9.56. The van der Waals surface area contributed by atoms with Crippen molar-refractivity contribution < 1.29 is 5.11 Å². The van der Waals surface area contributed by atoms with Gasteiger partial charge in [-0.1, -0.05) is 48.5 Å². The van der Waals surface area contributed by atoms with Gasteiger partial charge in [0.2, 0.25) is 0 Å². The van der Waals surface area contributed by atoms with Gasteiger partial charge < -0.3 is 5.11 Å². The third kappa shape index (κ3) is 2.99. The Morgan fingerprint density at radius 3 is 2.28 bits per heavy atom. The van der Waals surface area contributed by atoms with E-state index in [4.69, 9.17) is 0 Å². The maximum absolute atomic E-state index is 9.56. The van der Waals surface area contributed by atoms with E-state index in [1.54, 1.807) is 0 Å². The standard InChI is InChI=1S/C17H20O/c1-13-8-9-15(10-14(13)2)11-17(12-18)16-6-4-3-5-7-16/h3-10,17-18H,11-12H2,1-2H3. The second kappa shape index (κ2) is 5.83. The van der Waals surface area contributed by atoms with Crippen LogP contribution in [0.25, 0.3) is 0 Å². The monoisotopic (exact) mass is 240 g/mol. The van der Waals surface area contributed by atoms with E-state index in [2.05, 4.69) is 44.2 Å². The molecule has 1 N–H and O–H groups in total. The highest BCUT2D eigenvalue weighted by molar-refractivity contribution is 5.32. The molecule has 94 valence electrons. The fraction of sp³-hybridized carbons (Fsp3) is 0.294. The number of hydrogen-bond donors (Lipinski definition) is 1. The molecular weight excluding hydrogens is 220 g/mol. The molecule has 0 radical (unpaired) electrons. The van der Waals surface area contributed by atoms with Gasteiger partial charge in [-0.3, -0.25) is 0 Å². The zero-order valence-corrected chi connectivity index (χ0v) is 11.1. The van der Waals surface area contributed by atoms with Crippen molar-refractivity contribution in [2.45, 2.75) is 26.2 Å². The van der Waals surface area contributed by atoms with E-state index in [-0.39, 0.29) is 12.5 Å². The molecule has 0 aliphatic carbocycles. The van der Waals surface area contributed by atoms with Crippen molar-refractivity contribution in [3.8, 4) is 0 Å². The number of rotatable bonds is 4. The van der Waals surface area contributed by atoms with Crippen molar-refractivity contribution >= 4 is 0 Å². The Morgan fingerprint density at radius 1 is 0.944 bits per heavy atom. The van der Waals surface area contributed by atoms with Crippen LogP contribution in [0.3, 0.4) is 0 Å². The summed E-state index contributed by atoms with van der Waals surface area (Å²) in [4.78, 5) is 0. The van der Waals surface area contributed by atoms with Gasteiger partial charge in [-0.2, -0.15) is 0 Å². The average Bonchev–Trinajstić information content (AvgIpc) is 2.41.